The Labute approximate surface area is 113 Å². The zero-order valence-corrected chi connectivity index (χ0v) is 11.6. The van der Waals surface area contributed by atoms with E-state index >= 15 is 0 Å². The minimum atomic E-state index is 0.152. The van der Waals surface area contributed by atoms with Crippen LogP contribution in [0.5, 0.6) is 0 Å². The molecule has 2 aromatic rings. The molecule has 2 nitrogen and oxygen atoms in total. The standard InChI is InChI=1S/C17H18NO/c1-18(2,3)17(19)13-8-9-16-14(11-13)10-12-6-4-5-7-15(12)16/h4-9,11H,10H2,1-3H3/q+1. The number of fused-ring (bicyclic) bond motifs is 3. The highest BCUT2D eigenvalue weighted by Gasteiger charge is 2.25. The number of nitrogens with zero attached hydrogens (tertiary/aromatic N) is 1. The zero-order chi connectivity index (χ0) is 13.6. The Morgan fingerprint density at radius 3 is 2.37 bits per heavy atom. The summed E-state index contributed by atoms with van der Waals surface area (Å²) in [7, 11) is 5.72. The normalized spacial score (nSPS) is 13.0. The van der Waals surface area contributed by atoms with E-state index in [1.807, 2.05) is 27.2 Å². The minimum Gasteiger partial charge on any atom is -0.263 e. The van der Waals surface area contributed by atoms with Crippen LogP contribution < -0.4 is 0 Å². The molecule has 0 aromatic heterocycles. The molecule has 0 bridgehead atoms. The van der Waals surface area contributed by atoms with Gasteiger partial charge in [-0.05, 0) is 40.8 Å². The van der Waals surface area contributed by atoms with E-state index in [2.05, 4.69) is 36.4 Å². The summed E-state index contributed by atoms with van der Waals surface area (Å²) in [6, 6.07) is 14.6. The molecule has 3 rings (SSSR count). The fourth-order valence-electron chi connectivity index (χ4n) is 2.67. The van der Waals surface area contributed by atoms with Crippen molar-refractivity contribution in [3.8, 4) is 11.1 Å². The van der Waals surface area contributed by atoms with E-state index in [9.17, 15) is 4.79 Å². The average molecular weight is 252 g/mol. The van der Waals surface area contributed by atoms with Crippen molar-refractivity contribution >= 4 is 5.91 Å². The highest BCUT2D eigenvalue weighted by molar-refractivity contribution is 5.91. The first kappa shape index (κ1) is 12.1. The number of rotatable bonds is 1. The fraction of sp³-hybridized carbons (Fsp3) is 0.235. The molecule has 0 fully saturated rings. The van der Waals surface area contributed by atoms with Gasteiger partial charge in [-0.25, -0.2) is 4.79 Å². The van der Waals surface area contributed by atoms with Gasteiger partial charge < -0.3 is 0 Å². The predicted molar refractivity (Wildman–Crippen MR) is 77.0 cm³/mol. The summed E-state index contributed by atoms with van der Waals surface area (Å²) in [5.41, 5.74) is 6.00. The highest BCUT2D eigenvalue weighted by atomic mass is 16.2. The van der Waals surface area contributed by atoms with Gasteiger partial charge in [0.25, 0.3) is 0 Å². The molecule has 0 saturated heterocycles. The van der Waals surface area contributed by atoms with Gasteiger partial charge in [0, 0.05) is 0 Å². The third-order valence-corrected chi connectivity index (χ3v) is 3.65. The third-order valence-electron chi connectivity index (χ3n) is 3.65. The number of hydrogen-bond acceptors (Lipinski definition) is 1. The van der Waals surface area contributed by atoms with Crippen molar-refractivity contribution in [1.29, 1.82) is 0 Å². The van der Waals surface area contributed by atoms with E-state index in [1.54, 1.807) is 0 Å². The Morgan fingerprint density at radius 1 is 0.947 bits per heavy atom. The van der Waals surface area contributed by atoms with Crippen molar-refractivity contribution < 1.29 is 9.28 Å². The van der Waals surface area contributed by atoms with Crippen LogP contribution >= 0.6 is 0 Å². The van der Waals surface area contributed by atoms with Crippen molar-refractivity contribution in [2.45, 2.75) is 6.42 Å². The first-order valence-electron chi connectivity index (χ1n) is 6.54. The quantitative estimate of drug-likeness (QED) is 0.608. The molecule has 0 saturated carbocycles. The van der Waals surface area contributed by atoms with Crippen molar-refractivity contribution in [3.63, 3.8) is 0 Å². The van der Waals surface area contributed by atoms with Gasteiger partial charge in [-0.3, -0.25) is 4.48 Å². The lowest BCUT2D eigenvalue weighted by atomic mass is 10.0. The van der Waals surface area contributed by atoms with Gasteiger partial charge in [0.05, 0.1) is 26.7 Å². The molecular formula is C17H18NO+. The maximum absolute atomic E-state index is 12.3. The summed E-state index contributed by atoms with van der Waals surface area (Å²) in [6.07, 6.45) is 0.934. The first-order valence-corrected chi connectivity index (χ1v) is 6.54. The molecule has 1 amide bonds. The molecule has 96 valence electrons. The van der Waals surface area contributed by atoms with Crippen molar-refractivity contribution in [3.05, 3.63) is 59.2 Å². The number of carbonyl (C=O) groups excluding carboxylic acids is 1. The predicted octanol–water partition coefficient (Wildman–Crippen LogP) is 3.10. The highest BCUT2D eigenvalue weighted by Crippen LogP contribution is 2.36. The lowest BCUT2D eigenvalue weighted by Gasteiger charge is -2.20. The largest absolute Gasteiger partial charge is 0.345 e. The molecule has 19 heavy (non-hydrogen) atoms. The summed E-state index contributed by atoms with van der Waals surface area (Å²) in [5.74, 6) is 0.152. The van der Waals surface area contributed by atoms with Crippen LogP contribution in [0.3, 0.4) is 0 Å². The molecular weight excluding hydrogens is 234 g/mol. The topological polar surface area (TPSA) is 17.1 Å². The number of quaternary nitrogens is 1. The molecule has 2 aromatic carbocycles. The van der Waals surface area contributed by atoms with E-state index in [-0.39, 0.29) is 5.91 Å². The average Bonchev–Trinajstić information content (AvgIpc) is 2.74. The summed E-state index contributed by atoms with van der Waals surface area (Å²) < 4.78 is 0.325. The Balaban J connectivity index is 2.05. The van der Waals surface area contributed by atoms with Crippen molar-refractivity contribution in [2.75, 3.05) is 21.1 Å². The molecule has 1 aliphatic rings. The molecule has 1 aliphatic carbocycles. The number of benzene rings is 2. The second kappa shape index (κ2) is 4.04. The van der Waals surface area contributed by atoms with E-state index in [1.165, 1.54) is 22.3 Å². The summed E-state index contributed by atoms with van der Waals surface area (Å²) in [4.78, 5) is 12.3. The maximum atomic E-state index is 12.3. The van der Waals surface area contributed by atoms with Gasteiger partial charge in [-0.15, -0.1) is 0 Å². The fourth-order valence-corrected chi connectivity index (χ4v) is 2.67. The molecule has 0 aliphatic heterocycles. The van der Waals surface area contributed by atoms with Gasteiger partial charge in [-0.2, -0.15) is 0 Å². The number of carbonyl (C=O) groups is 1. The molecule has 0 radical (unpaired) electrons. The Bertz CT molecular complexity index is 665. The van der Waals surface area contributed by atoms with Gasteiger partial charge in [0.2, 0.25) is 0 Å². The SMILES string of the molecule is C[N+](C)(C)C(=O)c1ccc2c(c1)Cc1ccccc1-2. The Kier molecular flexibility index (Phi) is 2.58. The molecule has 0 atom stereocenters. The number of amides is 1. The second-order valence-electron chi connectivity index (χ2n) is 6.02. The van der Waals surface area contributed by atoms with Crippen LogP contribution in [0, 0.1) is 0 Å². The van der Waals surface area contributed by atoms with Gasteiger partial charge in [0.15, 0.2) is 0 Å². The maximum Gasteiger partial charge on any atom is 0.345 e. The molecule has 0 spiro atoms. The van der Waals surface area contributed by atoms with Gasteiger partial charge >= 0.3 is 5.91 Å². The van der Waals surface area contributed by atoms with E-state index < -0.39 is 0 Å². The summed E-state index contributed by atoms with van der Waals surface area (Å²) in [5, 5.41) is 0. The monoisotopic (exact) mass is 252 g/mol. The van der Waals surface area contributed by atoms with Crippen LogP contribution in [0.2, 0.25) is 0 Å². The molecule has 0 N–H and O–H groups in total. The van der Waals surface area contributed by atoms with Crippen molar-refractivity contribution in [2.24, 2.45) is 0 Å². The smallest absolute Gasteiger partial charge is 0.263 e. The van der Waals surface area contributed by atoms with Crippen LogP contribution in [0.15, 0.2) is 42.5 Å². The van der Waals surface area contributed by atoms with E-state index in [4.69, 9.17) is 0 Å². The third kappa shape index (κ3) is 1.98. The first-order chi connectivity index (χ1) is 8.97. The second-order valence-corrected chi connectivity index (χ2v) is 6.02. The molecule has 0 heterocycles. The lowest BCUT2D eigenvalue weighted by Crippen LogP contribution is -2.41. The van der Waals surface area contributed by atoms with Crippen LogP contribution in [0.1, 0.15) is 21.5 Å². The minimum absolute atomic E-state index is 0.152. The van der Waals surface area contributed by atoms with Crippen molar-refractivity contribution in [1.82, 2.24) is 0 Å². The lowest BCUT2D eigenvalue weighted by molar-refractivity contribution is -0.785. The van der Waals surface area contributed by atoms with Crippen LogP contribution in [0.4, 0.5) is 0 Å². The molecule has 2 heteroatoms. The molecule has 0 unspecified atom stereocenters. The summed E-state index contributed by atoms with van der Waals surface area (Å²) in [6.45, 7) is 0. The summed E-state index contributed by atoms with van der Waals surface area (Å²) >= 11 is 0. The van der Waals surface area contributed by atoms with E-state index in [0.29, 0.717) is 4.48 Å². The van der Waals surface area contributed by atoms with Crippen LogP contribution in [0.25, 0.3) is 11.1 Å². The number of hydrogen-bond donors (Lipinski definition) is 0. The zero-order valence-electron chi connectivity index (χ0n) is 11.6. The van der Waals surface area contributed by atoms with Gasteiger partial charge in [-0.1, -0.05) is 30.3 Å². The van der Waals surface area contributed by atoms with Gasteiger partial charge in [0.1, 0.15) is 0 Å². The van der Waals surface area contributed by atoms with Crippen LogP contribution in [-0.4, -0.2) is 31.5 Å². The Hall–Kier alpha value is -1.93. The van der Waals surface area contributed by atoms with E-state index in [0.717, 1.165) is 12.0 Å². The van der Waals surface area contributed by atoms with Crippen LogP contribution in [-0.2, 0) is 6.42 Å². The Morgan fingerprint density at radius 2 is 1.63 bits per heavy atom.